The third kappa shape index (κ3) is 2.13. The number of nitrogens with one attached hydrogen (secondary N) is 1. The van der Waals surface area contributed by atoms with Crippen LogP contribution in [0.3, 0.4) is 0 Å². The van der Waals surface area contributed by atoms with Gasteiger partial charge in [0.1, 0.15) is 5.78 Å². The number of hydrogen-bond acceptors (Lipinski definition) is 5. The zero-order chi connectivity index (χ0) is 17.2. The van der Waals surface area contributed by atoms with Crippen molar-refractivity contribution in [2.45, 2.75) is 33.1 Å². The number of hydrogen-bond donors (Lipinski definition) is 1. The first-order valence-corrected chi connectivity index (χ1v) is 9.82. The Balaban J connectivity index is 1.59. The molecule has 0 spiro atoms. The predicted octanol–water partition coefficient (Wildman–Crippen LogP) is 2.55. The van der Waals surface area contributed by atoms with Crippen LogP contribution in [0.5, 0.6) is 11.5 Å². The Morgan fingerprint density at radius 1 is 1.25 bits per heavy atom. The summed E-state index contributed by atoms with van der Waals surface area (Å²) in [6.45, 7) is 4.20. The van der Waals surface area contributed by atoms with Crippen LogP contribution in [-0.4, -0.2) is 26.7 Å². The van der Waals surface area contributed by atoms with Crippen molar-refractivity contribution >= 4 is 21.5 Å². The van der Waals surface area contributed by atoms with Gasteiger partial charge in [0.2, 0.25) is 16.8 Å². The summed E-state index contributed by atoms with van der Waals surface area (Å²) >= 11 is 0. The molecule has 0 saturated heterocycles. The molecule has 4 rings (SSSR count). The SMILES string of the molecule is CC1(C)[C@H]2CC[C@@]1(CS(=O)(=O)Nc1ccc3c(c1)OCO3)C(=O)C2. The van der Waals surface area contributed by atoms with Crippen molar-refractivity contribution in [1.82, 2.24) is 0 Å². The number of anilines is 1. The number of carbonyl (C=O) groups excluding carboxylic acids is 1. The molecule has 24 heavy (non-hydrogen) atoms. The van der Waals surface area contributed by atoms with E-state index in [-0.39, 0.29) is 23.7 Å². The Morgan fingerprint density at radius 2 is 2.00 bits per heavy atom. The normalized spacial score (nSPS) is 29.9. The average molecular weight is 351 g/mol. The lowest BCUT2D eigenvalue weighted by atomic mass is 9.70. The van der Waals surface area contributed by atoms with E-state index in [0.717, 1.165) is 6.42 Å². The van der Waals surface area contributed by atoms with Gasteiger partial charge in [0, 0.05) is 12.5 Å². The molecule has 2 aliphatic carbocycles. The van der Waals surface area contributed by atoms with E-state index in [1.807, 2.05) is 13.8 Å². The van der Waals surface area contributed by atoms with Gasteiger partial charge in [-0.3, -0.25) is 9.52 Å². The van der Waals surface area contributed by atoms with Crippen LogP contribution in [-0.2, 0) is 14.8 Å². The lowest BCUT2D eigenvalue weighted by Crippen LogP contribution is -2.43. The van der Waals surface area contributed by atoms with Crippen molar-refractivity contribution in [2.24, 2.45) is 16.7 Å². The minimum Gasteiger partial charge on any atom is -0.454 e. The highest BCUT2D eigenvalue weighted by molar-refractivity contribution is 7.92. The first kappa shape index (κ1) is 15.7. The Hall–Kier alpha value is -1.76. The van der Waals surface area contributed by atoms with E-state index in [2.05, 4.69) is 4.72 Å². The lowest BCUT2D eigenvalue weighted by molar-refractivity contribution is -0.128. The number of benzene rings is 1. The molecule has 6 nitrogen and oxygen atoms in total. The summed E-state index contributed by atoms with van der Waals surface area (Å²) in [6.07, 6.45) is 2.09. The largest absolute Gasteiger partial charge is 0.454 e. The van der Waals surface area contributed by atoms with E-state index >= 15 is 0 Å². The molecule has 3 aliphatic rings. The first-order valence-electron chi connectivity index (χ1n) is 8.17. The van der Waals surface area contributed by atoms with E-state index in [9.17, 15) is 13.2 Å². The summed E-state index contributed by atoms with van der Waals surface area (Å²) in [5.41, 5.74) is -0.610. The fourth-order valence-electron chi connectivity index (χ4n) is 4.61. The zero-order valence-corrected chi connectivity index (χ0v) is 14.6. The molecule has 2 fully saturated rings. The molecule has 1 aromatic rings. The van der Waals surface area contributed by atoms with Crippen molar-refractivity contribution in [1.29, 1.82) is 0 Å². The van der Waals surface area contributed by atoms with Crippen molar-refractivity contribution in [3.8, 4) is 11.5 Å². The fourth-order valence-corrected chi connectivity index (χ4v) is 6.49. The van der Waals surface area contributed by atoms with Crippen LogP contribution >= 0.6 is 0 Å². The average Bonchev–Trinajstić information content (AvgIpc) is 3.08. The van der Waals surface area contributed by atoms with E-state index in [1.165, 1.54) is 0 Å². The first-order chi connectivity index (χ1) is 11.2. The molecule has 130 valence electrons. The van der Waals surface area contributed by atoms with Gasteiger partial charge in [-0.2, -0.15) is 0 Å². The summed E-state index contributed by atoms with van der Waals surface area (Å²) in [5.74, 6) is 1.36. The molecule has 2 atom stereocenters. The van der Waals surface area contributed by atoms with Gasteiger partial charge in [0.25, 0.3) is 0 Å². The van der Waals surface area contributed by atoms with Crippen molar-refractivity contribution in [3.63, 3.8) is 0 Å². The number of ketones is 1. The zero-order valence-electron chi connectivity index (χ0n) is 13.8. The van der Waals surface area contributed by atoms with Crippen molar-refractivity contribution in [2.75, 3.05) is 17.3 Å². The molecule has 0 aromatic heterocycles. The third-order valence-corrected chi connectivity index (χ3v) is 7.64. The van der Waals surface area contributed by atoms with Crippen LogP contribution in [0.4, 0.5) is 5.69 Å². The third-order valence-electron chi connectivity index (χ3n) is 6.22. The molecule has 1 N–H and O–H groups in total. The van der Waals surface area contributed by atoms with Gasteiger partial charge < -0.3 is 9.47 Å². The second-order valence-corrected chi connectivity index (χ2v) is 9.32. The second kappa shape index (κ2) is 4.88. The van der Waals surface area contributed by atoms with Crippen LogP contribution in [0.15, 0.2) is 18.2 Å². The smallest absolute Gasteiger partial charge is 0.233 e. The summed E-state index contributed by atoms with van der Waals surface area (Å²) in [4.78, 5) is 12.5. The predicted molar refractivity (Wildman–Crippen MR) is 88.5 cm³/mol. The van der Waals surface area contributed by atoms with Gasteiger partial charge in [0.15, 0.2) is 11.5 Å². The number of fused-ring (bicyclic) bond motifs is 3. The van der Waals surface area contributed by atoms with Gasteiger partial charge in [0.05, 0.1) is 16.9 Å². The molecule has 0 radical (unpaired) electrons. The molecule has 2 bridgehead atoms. The molecule has 0 unspecified atom stereocenters. The van der Waals surface area contributed by atoms with Crippen molar-refractivity contribution < 1.29 is 22.7 Å². The van der Waals surface area contributed by atoms with Crippen LogP contribution in [0.2, 0.25) is 0 Å². The van der Waals surface area contributed by atoms with Crippen molar-refractivity contribution in [3.05, 3.63) is 18.2 Å². The summed E-state index contributed by atoms with van der Waals surface area (Å²) in [5, 5.41) is 0. The van der Waals surface area contributed by atoms with Crippen LogP contribution in [0, 0.1) is 16.7 Å². The summed E-state index contributed by atoms with van der Waals surface area (Å²) < 4.78 is 38.6. The monoisotopic (exact) mass is 351 g/mol. The minimum atomic E-state index is -3.65. The van der Waals surface area contributed by atoms with E-state index in [0.29, 0.717) is 35.9 Å². The second-order valence-electron chi connectivity index (χ2n) is 7.60. The van der Waals surface area contributed by atoms with E-state index in [4.69, 9.17) is 9.47 Å². The Kier molecular flexibility index (Phi) is 3.20. The van der Waals surface area contributed by atoms with Gasteiger partial charge in [-0.15, -0.1) is 0 Å². The van der Waals surface area contributed by atoms with Crippen LogP contribution in [0.1, 0.15) is 33.1 Å². The van der Waals surface area contributed by atoms with Gasteiger partial charge in [-0.1, -0.05) is 13.8 Å². The summed E-state index contributed by atoms with van der Waals surface area (Å²) in [6, 6.07) is 4.92. The van der Waals surface area contributed by atoms with Gasteiger partial charge in [-0.05, 0) is 36.3 Å². The molecule has 1 aromatic carbocycles. The minimum absolute atomic E-state index is 0.0970. The molecule has 1 aliphatic heterocycles. The molecule has 2 saturated carbocycles. The molecular formula is C17H21NO5S. The maximum atomic E-state index is 12.7. The van der Waals surface area contributed by atoms with Crippen LogP contribution < -0.4 is 14.2 Å². The molecule has 0 amide bonds. The number of carbonyl (C=O) groups is 1. The highest BCUT2D eigenvalue weighted by atomic mass is 32.2. The van der Waals surface area contributed by atoms with E-state index in [1.54, 1.807) is 18.2 Å². The number of sulfonamides is 1. The van der Waals surface area contributed by atoms with E-state index < -0.39 is 15.4 Å². The highest BCUT2D eigenvalue weighted by Gasteiger charge is 2.65. The van der Waals surface area contributed by atoms with Gasteiger partial charge >= 0.3 is 0 Å². The topological polar surface area (TPSA) is 81.7 Å². The van der Waals surface area contributed by atoms with Gasteiger partial charge in [-0.25, -0.2) is 8.42 Å². The molecular weight excluding hydrogens is 330 g/mol. The maximum Gasteiger partial charge on any atom is 0.233 e. The molecule has 1 heterocycles. The Labute approximate surface area is 141 Å². The Morgan fingerprint density at radius 3 is 2.67 bits per heavy atom. The number of Topliss-reactive ketones (excluding diaryl/α,β-unsaturated/α-hetero) is 1. The lowest BCUT2D eigenvalue weighted by Gasteiger charge is -2.36. The van der Waals surface area contributed by atoms with Crippen LogP contribution in [0.25, 0.3) is 0 Å². The molecule has 7 heteroatoms. The Bertz CT molecular complexity index is 816. The summed E-state index contributed by atoms with van der Waals surface area (Å²) in [7, 11) is -3.65. The fraction of sp³-hybridized carbons (Fsp3) is 0.588. The number of ether oxygens (including phenoxy) is 2. The quantitative estimate of drug-likeness (QED) is 0.901. The highest BCUT2D eigenvalue weighted by Crippen LogP contribution is 2.64. The maximum absolute atomic E-state index is 12.7. The standard InChI is InChI=1S/C17H21NO5S/c1-16(2)11-5-6-17(16,15(19)7-11)9-24(20,21)18-12-3-4-13-14(8-12)23-10-22-13/h3-4,8,11,18H,5-7,9-10H2,1-2H3/t11-,17+/m0/s1. The number of rotatable bonds is 4.